The molecule has 4 rings (SSSR count). The van der Waals surface area contributed by atoms with E-state index in [9.17, 15) is 0 Å². The molecule has 130 valence electrons. The van der Waals surface area contributed by atoms with Crippen LogP contribution in [0.3, 0.4) is 0 Å². The molecule has 0 bridgehead atoms. The monoisotopic (exact) mass is 337 g/mol. The van der Waals surface area contributed by atoms with Gasteiger partial charge in [-0.3, -0.25) is 4.68 Å². The Labute approximate surface area is 147 Å². The van der Waals surface area contributed by atoms with Crippen LogP contribution < -0.4 is 0 Å². The first-order chi connectivity index (χ1) is 12.3. The molecule has 1 unspecified atom stereocenters. The van der Waals surface area contributed by atoms with Gasteiger partial charge in [-0.05, 0) is 32.4 Å². The maximum atomic E-state index is 5.57. The van der Waals surface area contributed by atoms with Gasteiger partial charge in [0.15, 0.2) is 0 Å². The van der Waals surface area contributed by atoms with Gasteiger partial charge in [-0.2, -0.15) is 10.1 Å². The van der Waals surface area contributed by atoms with Crippen LogP contribution in [0.4, 0.5) is 0 Å². The minimum atomic E-state index is 0.317. The Hall–Kier alpha value is -2.47. The highest BCUT2D eigenvalue weighted by atomic mass is 16.5. The lowest BCUT2D eigenvalue weighted by Crippen LogP contribution is -2.36. The quantitative estimate of drug-likeness (QED) is 0.716. The van der Waals surface area contributed by atoms with Crippen molar-refractivity contribution in [1.82, 2.24) is 24.8 Å². The minimum Gasteiger partial charge on any atom is -0.339 e. The van der Waals surface area contributed by atoms with Crippen LogP contribution in [0.25, 0.3) is 11.4 Å². The van der Waals surface area contributed by atoms with Crippen molar-refractivity contribution in [2.75, 3.05) is 19.6 Å². The van der Waals surface area contributed by atoms with Gasteiger partial charge in [0.2, 0.25) is 11.7 Å². The Balaban J connectivity index is 1.39. The molecule has 0 amide bonds. The summed E-state index contributed by atoms with van der Waals surface area (Å²) in [5.41, 5.74) is 2.21. The Morgan fingerprint density at radius 1 is 1.16 bits per heavy atom. The van der Waals surface area contributed by atoms with Crippen LogP contribution in [-0.4, -0.2) is 44.5 Å². The summed E-state index contributed by atoms with van der Waals surface area (Å²) in [5.74, 6) is 1.76. The van der Waals surface area contributed by atoms with Crippen LogP contribution in [0.2, 0.25) is 0 Å². The lowest BCUT2D eigenvalue weighted by molar-refractivity contribution is 0.179. The highest BCUT2D eigenvalue weighted by Gasteiger charge is 2.26. The first kappa shape index (κ1) is 16.0. The second-order valence-corrected chi connectivity index (χ2v) is 6.66. The molecule has 1 atom stereocenters. The minimum absolute atomic E-state index is 0.317. The van der Waals surface area contributed by atoms with Gasteiger partial charge < -0.3 is 9.42 Å². The van der Waals surface area contributed by atoms with Crippen molar-refractivity contribution in [2.45, 2.75) is 32.2 Å². The number of rotatable bonds is 5. The van der Waals surface area contributed by atoms with Gasteiger partial charge in [0.25, 0.3) is 0 Å². The molecule has 6 heteroatoms. The molecule has 0 N–H and O–H groups in total. The summed E-state index contributed by atoms with van der Waals surface area (Å²) in [5, 5.41) is 8.53. The number of aromatic nitrogens is 4. The molecule has 25 heavy (non-hydrogen) atoms. The predicted octanol–water partition coefficient (Wildman–Crippen LogP) is 3.12. The zero-order chi connectivity index (χ0) is 17.1. The van der Waals surface area contributed by atoms with Gasteiger partial charge in [-0.1, -0.05) is 35.5 Å². The first-order valence-electron chi connectivity index (χ1n) is 8.89. The zero-order valence-corrected chi connectivity index (χ0v) is 14.5. The van der Waals surface area contributed by atoms with E-state index in [4.69, 9.17) is 4.52 Å². The van der Waals surface area contributed by atoms with Crippen molar-refractivity contribution in [3.63, 3.8) is 0 Å². The van der Waals surface area contributed by atoms with E-state index in [1.54, 1.807) is 0 Å². The molecule has 0 spiro atoms. The maximum Gasteiger partial charge on any atom is 0.231 e. The predicted molar refractivity (Wildman–Crippen MR) is 95.1 cm³/mol. The third kappa shape index (κ3) is 3.64. The van der Waals surface area contributed by atoms with E-state index < -0.39 is 0 Å². The van der Waals surface area contributed by atoms with E-state index in [0.29, 0.717) is 11.7 Å². The average Bonchev–Trinajstić information content (AvgIpc) is 3.30. The summed E-state index contributed by atoms with van der Waals surface area (Å²) in [6.07, 6.45) is 4.12. The molecule has 0 aliphatic carbocycles. The fourth-order valence-electron chi connectivity index (χ4n) is 3.43. The summed E-state index contributed by atoms with van der Waals surface area (Å²) < 4.78 is 7.63. The molecule has 1 saturated heterocycles. The van der Waals surface area contributed by atoms with Gasteiger partial charge >= 0.3 is 0 Å². The topological polar surface area (TPSA) is 60.0 Å². The number of hydrogen-bond acceptors (Lipinski definition) is 5. The third-order valence-corrected chi connectivity index (χ3v) is 4.89. The Bertz CT molecular complexity index is 810. The molecule has 0 radical (unpaired) electrons. The number of benzene rings is 1. The smallest absolute Gasteiger partial charge is 0.231 e. The van der Waals surface area contributed by atoms with E-state index in [1.807, 2.05) is 42.6 Å². The van der Waals surface area contributed by atoms with Crippen molar-refractivity contribution in [3.8, 4) is 11.4 Å². The lowest BCUT2D eigenvalue weighted by atomic mass is 9.98. The Morgan fingerprint density at radius 3 is 2.84 bits per heavy atom. The number of aryl methyl sites for hydroxylation is 1. The number of hydrogen-bond donors (Lipinski definition) is 0. The Morgan fingerprint density at radius 2 is 2.04 bits per heavy atom. The number of likely N-dealkylation sites (tertiary alicyclic amines) is 1. The van der Waals surface area contributed by atoms with Crippen LogP contribution in [-0.2, 0) is 6.54 Å². The molecule has 3 heterocycles. The summed E-state index contributed by atoms with van der Waals surface area (Å²) >= 11 is 0. The second-order valence-electron chi connectivity index (χ2n) is 6.66. The van der Waals surface area contributed by atoms with Crippen molar-refractivity contribution in [1.29, 1.82) is 0 Å². The molecule has 1 fully saturated rings. The molecule has 1 aromatic carbocycles. The molecule has 2 aromatic heterocycles. The molecular weight excluding hydrogens is 314 g/mol. The molecule has 0 saturated carbocycles. The van der Waals surface area contributed by atoms with Gasteiger partial charge in [0.05, 0.1) is 12.5 Å². The summed E-state index contributed by atoms with van der Waals surface area (Å²) in [6, 6.07) is 12.0. The van der Waals surface area contributed by atoms with Crippen molar-refractivity contribution < 1.29 is 4.52 Å². The summed E-state index contributed by atoms with van der Waals surface area (Å²) in [4.78, 5) is 7.11. The van der Waals surface area contributed by atoms with E-state index in [1.165, 1.54) is 5.69 Å². The van der Waals surface area contributed by atoms with Crippen LogP contribution in [0.5, 0.6) is 0 Å². The normalized spacial score (nSPS) is 18.5. The van der Waals surface area contributed by atoms with Gasteiger partial charge in [-0.25, -0.2) is 0 Å². The van der Waals surface area contributed by atoms with Crippen molar-refractivity contribution in [2.24, 2.45) is 0 Å². The van der Waals surface area contributed by atoms with E-state index in [-0.39, 0.29) is 0 Å². The second kappa shape index (κ2) is 7.19. The SMILES string of the molecule is Cc1ccnn1CCN1CCCC(c2nc(-c3ccccc3)no2)C1. The van der Waals surface area contributed by atoms with Crippen LogP contribution >= 0.6 is 0 Å². The average molecular weight is 337 g/mol. The van der Waals surface area contributed by atoms with Gasteiger partial charge in [0, 0.05) is 30.5 Å². The van der Waals surface area contributed by atoms with Gasteiger partial charge in [0.1, 0.15) is 0 Å². The highest BCUT2D eigenvalue weighted by Crippen LogP contribution is 2.27. The van der Waals surface area contributed by atoms with Crippen LogP contribution in [0.1, 0.15) is 30.3 Å². The lowest BCUT2D eigenvalue weighted by Gasteiger charge is -2.30. The van der Waals surface area contributed by atoms with E-state index in [2.05, 4.69) is 31.7 Å². The number of nitrogens with zero attached hydrogens (tertiary/aromatic N) is 5. The Kier molecular flexibility index (Phi) is 4.61. The third-order valence-electron chi connectivity index (χ3n) is 4.89. The molecule has 1 aliphatic heterocycles. The van der Waals surface area contributed by atoms with E-state index >= 15 is 0 Å². The summed E-state index contributed by atoms with van der Waals surface area (Å²) in [6.45, 7) is 6.10. The molecule has 1 aliphatic rings. The van der Waals surface area contributed by atoms with Gasteiger partial charge in [-0.15, -0.1) is 0 Å². The van der Waals surface area contributed by atoms with E-state index in [0.717, 1.165) is 50.5 Å². The fraction of sp³-hybridized carbons (Fsp3) is 0.421. The molecule has 6 nitrogen and oxygen atoms in total. The zero-order valence-electron chi connectivity index (χ0n) is 14.5. The van der Waals surface area contributed by atoms with Crippen molar-refractivity contribution >= 4 is 0 Å². The van der Waals surface area contributed by atoms with Crippen LogP contribution in [0, 0.1) is 6.92 Å². The standard InChI is InChI=1S/C19H23N5O/c1-15-9-10-20-24(15)13-12-23-11-5-8-17(14-23)19-21-18(22-25-19)16-6-3-2-4-7-16/h2-4,6-7,9-10,17H,5,8,11-14H2,1H3. The maximum absolute atomic E-state index is 5.57. The molecule has 3 aromatic rings. The first-order valence-corrected chi connectivity index (χ1v) is 8.89. The largest absolute Gasteiger partial charge is 0.339 e. The number of piperidine rings is 1. The molecular formula is C19H23N5O. The fourth-order valence-corrected chi connectivity index (χ4v) is 3.43. The highest BCUT2D eigenvalue weighted by molar-refractivity contribution is 5.53. The summed E-state index contributed by atoms with van der Waals surface area (Å²) in [7, 11) is 0. The van der Waals surface area contributed by atoms with Crippen LogP contribution in [0.15, 0.2) is 47.1 Å². The van der Waals surface area contributed by atoms with Crippen molar-refractivity contribution in [3.05, 3.63) is 54.2 Å².